The van der Waals surface area contributed by atoms with Gasteiger partial charge in [0.25, 0.3) is 5.91 Å². The average molecular weight is 763 g/mol. The van der Waals surface area contributed by atoms with Crippen LogP contribution in [0, 0.1) is 28.6 Å². The minimum absolute atomic E-state index is 0.00202. The summed E-state index contributed by atoms with van der Waals surface area (Å²) in [6.45, 7) is 15.9. The Hall–Kier alpha value is -2.74. The number of hydrogen-bond acceptors (Lipinski definition) is 7. The molecule has 0 bridgehead atoms. The van der Waals surface area contributed by atoms with Crippen molar-refractivity contribution in [3.63, 3.8) is 0 Å². The highest BCUT2D eigenvalue weighted by Crippen LogP contribution is 2.65. The molecule has 14 heteroatoms. The lowest BCUT2D eigenvalue weighted by Gasteiger charge is -2.42. The van der Waals surface area contributed by atoms with Crippen molar-refractivity contribution in [2.24, 2.45) is 28.6 Å². The number of carbonyl (C=O) groups excluding carboxylic acids is 5. The molecule has 1 aliphatic heterocycles. The van der Waals surface area contributed by atoms with Crippen LogP contribution < -0.4 is 21.3 Å². The minimum atomic E-state index is -3.75. The number of unbranched alkanes of at least 4 members (excludes halogenated alkanes) is 1. The van der Waals surface area contributed by atoms with Gasteiger partial charge < -0.3 is 26.2 Å². The summed E-state index contributed by atoms with van der Waals surface area (Å²) in [4.78, 5) is 70.3. The maximum atomic E-state index is 14.6. The Kier molecular flexibility index (Phi) is 11.8. The molecule has 1 saturated heterocycles. The lowest BCUT2D eigenvalue weighted by atomic mass is 9.83. The van der Waals surface area contributed by atoms with Crippen molar-refractivity contribution in [3.05, 3.63) is 0 Å². The Labute approximate surface area is 317 Å². The van der Waals surface area contributed by atoms with Crippen LogP contribution in [0.5, 0.6) is 0 Å². The molecule has 5 rings (SSSR count). The van der Waals surface area contributed by atoms with Gasteiger partial charge in [-0.2, -0.15) is 4.31 Å². The zero-order valence-electron chi connectivity index (χ0n) is 33.6. The molecule has 13 nitrogen and oxygen atoms in total. The fraction of sp³-hybridized carbons (Fsp3) is 0.872. The minimum Gasteiger partial charge on any atom is -0.347 e. The zero-order chi connectivity index (χ0) is 39.3. The topological polar surface area (TPSA) is 174 Å². The van der Waals surface area contributed by atoms with Gasteiger partial charge >= 0.3 is 6.03 Å². The third-order valence-electron chi connectivity index (χ3n) is 13.2. The van der Waals surface area contributed by atoms with Gasteiger partial charge in [-0.05, 0) is 87.4 Å². The molecule has 4 aliphatic carbocycles. The quantitative estimate of drug-likeness (QED) is 0.173. The number of sulfonamides is 1. The molecular weight excluding hydrogens is 697 g/mol. The van der Waals surface area contributed by atoms with E-state index in [0.717, 1.165) is 51.4 Å². The second-order valence-electron chi connectivity index (χ2n) is 19.1. The first-order valence-corrected chi connectivity index (χ1v) is 21.7. The number of rotatable bonds is 16. The van der Waals surface area contributed by atoms with Crippen LogP contribution in [-0.4, -0.2) is 102 Å². The molecular formula is C39H66N6O7S. The van der Waals surface area contributed by atoms with Crippen molar-refractivity contribution in [2.45, 2.75) is 168 Å². The van der Waals surface area contributed by atoms with E-state index in [2.05, 4.69) is 35.1 Å². The van der Waals surface area contributed by atoms with Crippen LogP contribution >= 0.6 is 0 Å². The number of ketones is 1. The van der Waals surface area contributed by atoms with E-state index in [1.807, 2.05) is 41.5 Å². The van der Waals surface area contributed by atoms with Crippen LogP contribution in [0.15, 0.2) is 0 Å². The molecule has 4 saturated carbocycles. The van der Waals surface area contributed by atoms with Gasteiger partial charge in [0.2, 0.25) is 27.6 Å². The molecule has 1 heterocycles. The van der Waals surface area contributed by atoms with E-state index >= 15 is 0 Å². The van der Waals surface area contributed by atoms with Crippen LogP contribution in [0.3, 0.4) is 0 Å². The van der Waals surface area contributed by atoms with Crippen molar-refractivity contribution >= 4 is 39.6 Å². The first-order valence-electron chi connectivity index (χ1n) is 20.1. The summed E-state index contributed by atoms with van der Waals surface area (Å²) in [6.07, 6.45) is 8.91. The summed E-state index contributed by atoms with van der Waals surface area (Å²) in [5.74, 6) is -2.24. The lowest BCUT2D eigenvalue weighted by molar-refractivity contribution is -0.145. The summed E-state index contributed by atoms with van der Waals surface area (Å²) in [7, 11) is -2.11. The van der Waals surface area contributed by atoms with Gasteiger partial charge in [0.05, 0.1) is 17.3 Å². The molecule has 5 fully saturated rings. The molecule has 300 valence electrons. The normalized spacial score (nSPS) is 26.2. The monoisotopic (exact) mass is 762 g/mol. The van der Waals surface area contributed by atoms with E-state index in [9.17, 15) is 32.4 Å². The molecule has 0 aromatic carbocycles. The van der Waals surface area contributed by atoms with Crippen LogP contribution in [-0.2, 0) is 29.2 Å². The second kappa shape index (κ2) is 15.1. The van der Waals surface area contributed by atoms with Crippen molar-refractivity contribution in [2.75, 3.05) is 19.3 Å². The van der Waals surface area contributed by atoms with Crippen molar-refractivity contribution < 1.29 is 32.4 Å². The maximum absolute atomic E-state index is 14.6. The van der Waals surface area contributed by atoms with Gasteiger partial charge in [-0.15, -0.1) is 0 Å². The molecule has 4 N–H and O–H groups in total. The first kappa shape index (κ1) is 41.4. The Bertz CT molecular complexity index is 1540. The summed E-state index contributed by atoms with van der Waals surface area (Å²) in [6, 6.07) is -3.52. The molecule has 5 amide bonds. The third kappa shape index (κ3) is 9.05. The molecule has 0 unspecified atom stereocenters. The van der Waals surface area contributed by atoms with Crippen LogP contribution in [0.1, 0.15) is 132 Å². The third-order valence-corrected chi connectivity index (χ3v) is 15.4. The number of fused-ring (bicyclic) bond motifs is 1. The Balaban J connectivity index is 1.33. The van der Waals surface area contributed by atoms with E-state index in [0.29, 0.717) is 38.1 Å². The van der Waals surface area contributed by atoms with Gasteiger partial charge in [-0.1, -0.05) is 73.6 Å². The van der Waals surface area contributed by atoms with E-state index < -0.39 is 74.2 Å². The van der Waals surface area contributed by atoms with E-state index in [4.69, 9.17) is 0 Å². The number of Topliss-reactive ketones (excluding diaryl/α,β-unsaturated/α-hetero) is 1. The summed E-state index contributed by atoms with van der Waals surface area (Å²) >= 11 is 0. The van der Waals surface area contributed by atoms with Crippen molar-refractivity contribution in [3.8, 4) is 0 Å². The molecule has 0 aromatic heterocycles. The van der Waals surface area contributed by atoms with E-state index in [1.54, 1.807) is 11.9 Å². The molecule has 0 aromatic rings. The summed E-state index contributed by atoms with van der Waals surface area (Å²) in [5.41, 5.74) is -2.49. The van der Waals surface area contributed by atoms with Crippen LogP contribution in [0.4, 0.5) is 4.79 Å². The largest absolute Gasteiger partial charge is 0.347 e. The highest BCUT2D eigenvalue weighted by molar-refractivity contribution is 7.89. The number of carbonyl (C=O) groups is 5. The molecule has 0 spiro atoms. The number of hydrogen-bond donors (Lipinski definition) is 4. The zero-order valence-corrected chi connectivity index (χ0v) is 34.4. The standard InChI is InChI=1S/C39H66N6O7S/c1-10-11-15-27(30(46)33(48)40-25-18-19-25)41-32(47)29-28-26(37(28,5)6)22-45(29)34(49)31(36(2,3)4)42-35(50)43-39(20-13-12-14-21-39)23-53(51,52)44(9)38(7,8)24-16-17-24/h24-29,31H,10-23H2,1-9H3,(H,40,48)(H,41,47)(H2,42,43,50)/t26-,27-,28-,29-,31+/m0/s1. The SMILES string of the molecule is CCCC[C@H](NC(=O)[C@@H]1[C@@H]2[C@H](CN1C(=O)[C@@H](NC(=O)NC1(CS(=O)(=O)N(C)C(C)(C)C3CC3)CCCCC1)C(C)(C)C)C2(C)C)C(=O)C(=O)NC1CC1. The summed E-state index contributed by atoms with van der Waals surface area (Å²) < 4.78 is 29.3. The average Bonchev–Trinajstić information content (AvgIpc) is 4.02. The highest BCUT2D eigenvalue weighted by Gasteiger charge is 2.70. The number of nitrogens with one attached hydrogen (secondary N) is 4. The Morgan fingerprint density at radius 2 is 1.55 bits per heavy atom. The smallest absolute Gasteiger partial charge is 0.315 e. The second-order valence-corrected chi connectivity index (χ2v) is 21.1. The van der Waals surface area contributed by atoms with Gasteiger partial charge in [0.1, 0.15) is 12.1 Å². The fourth-order valence-electron chi connectivity index (χ4n) is 9.00. The molecule has 0 radical (unpaired) electrons. The van der Waals surface area contributed by atoms with Gasteiger partial charge in [-0.25, -0.2) is 13.2 Å². The number of amides is 5. The fourth-order valence-corrected chi connectivity index (χ4v) is 11.1. The Morgan fingerprint density at radius 3 is 2.09 bits per heavy atom. The van der Waals surface area contributed by atoms with Gasteiger partial charge in [0, 0.05) is 25.2 Å². The van der Waals surface area contributed by atoms with Crippen LogP contribution in [0.25, 0.3) is 0 Å². The van der Waals surface area contributed by atoms with Crippen molar-refractivity contribution in [1.29, 1.82) is 0 Å². The predicted molar refractivity (Wildman–Crippen MR) is 203 cm³/mol. The van der Waals surface area contributed by atoms with Gasteiger partial charge in [-0.3, -0.25) is 19.2 Å². The summed E-state index contributed by atoms with van der Waals surface area (Å²) in [5, 5.41) is 11.6. The lowest BCUT2D eigenvalue weighted by Crippen LogP contribution is -2.64. The van der Waals surface area contributed by atoms with Crippen molar-refractivity contribution in [1.82, 2.24) is 30.5 Å². The highest BCUT2D eigenvalue weighted by atomic mass is 32.2. The maximum Gasteiger partial charge on any atom is 0.315 e. The molecule has 5 atom stereocenters. The number of likely N-dealkylation sites (tertiary alicyclic amines) is 1. The number of piperidine rings is 1. The first-order chi connectivity index (χ1) is 24.6. The number of nitrogens with zero attached hydrogens (tertiary/aromatic N) is 2. The molecule has 5 aliphatic rings. The van der Waals surface area contributed by atoms with Gasteiger partial charge in [0.15, 0.2) is 0 Å². The molecule has 53 heavy (non-hydrogen) atoms. The number of urea groups is 1. The predicted octanol–water partition coefficient (Wildman–Crippen LogP) is 3.86. The Morgan fingerprint density at radius 1 is 0.925 bits per heavy atom. The van der Waals surface area contributed by atoms with Crippen LogP contribution in [0.2, 0.25) is 0 Å². The van der Waals surface area contributed by atoms with E-state index in [1.165, 1.54) is 4.31 Å². The van der Waals surface area contributed by atoms with E-state index in [-0.39, 0.29) is 29.0 Å².